The summed E-state index contributed by atoms with van der Waals surface area (Å²) >= 11 is 5.48. The van der Waals surface area contributed by atoms with Gasteiger partial charge in [-0.25, -0.2) is 9.59 Å². The number of carbonyl (C=O) groups excluding carboxylic acids is 4. The lowest BCUT2D eigenvalue weighted by molar-refractivity contribution is -0.136. The lowest BCUT2D eigenvalue weighted by Gasteiger charge is -2.11. The topological polar surface area (TPSA) is 111 Å². The van der Waals surface area contributed by atoms with Gasteiger partial charge in [-0.1, -0.05) is 0 Å². The van der Waals surface area contributed by atoms with Gasteiger partial charge in [0.25, 0.3) is 0 Å². The lowest BCUT2D eigenvalue weighted by Crippen LogP contribution is -2.36. The molecule has 2 N–H and O–H groups in total. The van der Waals surface area contributed by atoms with E-state index < -0.39 is 23.8 Å². The number of hydrogen-bond acceptors (Lipinski definition) is 6. The second-order valence-electron chi connectivity index (χ2n) is 4.50. The van der Waals surface area contributed by atoms with E-state index in [1.807, 2.05) is 0 Å². The maximum absolute atomic E-state index is 11.9. The van der Waals surface area contributed by atoms with Crippen molar-refractivity contribution >= 4 is 41.0 Å². The van der Waals surface area contributed by atoms with Gasteiger partial charge in [-0.3, -0.25) is 9.59 Å². The molecule has 2 amide bonds. The molecule has 0 aliphatic rings. The van der Waals surface area contributed by atoms with E-state index in [9.17, 15) is 19.2 Å². The van der Waals surface area contributed by atoms with Gasteiger partial charge in [-0.05, 0) is 24.6 Å². The molecule has 1 aromatic rings. The van der Waals surface area contributed by atoms with Crippen LogP contribution in [0.4, 0.5) is 5.69 Å². The maximum Gasteiger partial charge on any atom is 0.339 e. The zero-order valence-electron chi connectivity index (χ0n) is 13.2. The summed E-state index contributed by atoms with van der Waals surface area (Å²) in [5, 5.41) is 4.65. The molecule has 0 aliphatic carbocycles. The first-order valence-electron chi connectivity index (χ1n) is 6.90. The molecule has 0 spiro atoms. The molecule has 0 radical (unpaired) electrons. The summed E-state index contributed by atoms with van der Waals surface area (Å²) in [5.74, 6) is -2.93. The van der Waals surface area contributed by atoms with Crippen LogP contribution in [0.3, 0.4) is 0 Å². The SMILES string of the molecule is COC(=O)c1ccc(C(=O)OC)c(NC(=O)C(=O)NCCCCl)c1. The average molecular weight is 357 g/mol. The molecule has 0 fully saturated rings. The molecule has 0 heterocycles. The minimum absolute atomic E-state index is 0.00735. The molecule has 0 saturated heterocycles. The largest absolute Gasteiger partial charge is 0.465 e. The summed E-state index contributed by atoms with van der Waals surface area (Å²) in [4.78, 5) is 46.9. The van der Waals surface area contributed by atoms with Gasteiger partial charge in [0.1, 0.15) is 0 Å². The molecule has 1 aromatic carbocycles. The van der Waals surface area contributed by atoms with Crippen molar-refractivity contribution in [1.82, 2.24) is 5.32 Å². The van der Waals surface area contributed by atoms with E-state index in [0.29, 0.717) is 12.3 Å². The highest BCUT2D eigenvalue weighted by atomic mass is 35.5. The third-order valence-corrected chi connectivity index (χ3v) is 3.16. The fourth-order valence-electron chi connectivity index (χ4n) is 1.71. The van der Waals surface area contributed by atoms with Crippen LogP contribution in [0.25, 0.3) is 0 Å². The highest BCUT2D eigenvalue weighted by Crippen LogP contribution is 2.19. The predicted octanol–water partition coefficient (Wildman–Crippen LogP) is 0.943. The van der Waals surface area contributed by atoms with Crippen molar-refractivity contribution in [2.24, 2.45) is 0 Å². The van der Waals surface area contributed by atoms with Gasteiger partial charge in [-0.15, -0.1) is 11.6 Å². The molecule has 8 nitrogen and oxygen atoms in total. The van der Waals surface area contributed by atoms with Gasteiger partial charge >= 0.3 is 23.8 Å². The van der Waals surface area contributed by atoms with Crippen LogP contribution >= 0.6 is 11.6 Å². The fourth-order valence-corrected chi connectivity index (χ4v) is 1.84. The smallest absolute Gasteiger partial charge is 0.339 e. The van der Waals surface area contributed by atoms with E-state index in [4.69, 9.17) is 11.6 Å². The van der Waals surface area contributed by atoms with E-state index in [-0.39, 0.29) is 23.4 Å². The number of carbonyl (C=O) groups is 4. The maximum atomic E-state index is 11.9. The summed E-state index contributed by atoms with van der Waals surface area (Å²) in [6, 6.07) is 3.86. The molecule has 0 aliphatic heterocycles. The Kier molecular flexibility index (Phi) is 7.70. The van der Waals surface area contributed by atoms with E-state index in [1.165, 1.54) is 32.4 Å². The van der Waals surface area contributed by atoms with Crippen molar-refractivity contribution in [1.29, 1.82) is 0 Å². The first kappa shape index (κ1) is 19.4. The van der Waals surface area contributed by atoms with Gasteiger partial charge in [0.2, 0.25) is 0 Å². The van der Waals surface area contributed by atoms with Gasteiger partial charge < -0.3 is 20.1 Å². The van der Waals surface area contributed by atoms with Crippen LogP contribution in [0, 0.1) is 0 Å². The van der Waals surface area contributed by atoms with Crippen molar-refractivity contribution in [3.8, 4) is 0 Å². The highest BCUT2D eigenvalue weighted by molar-refractivity contribution is 6.40. The number of amides is 2. The summed E-state index contributed by atoms with van der Waals surface area (Å²) in [7, 11) is 2.36. The number of esters is 2. The van der Waals surface area contributed by atoms with Crippen LogP contribution in [0.15, 0.2) is 18.2 Å². The molecule has 130 valence electrons. The van der Waals surface area contributed by atoms with Gasteiger partial charge in [0.05, 0.1) is 31.0 Å². The number of anilines is 1. The van der Waals surface area contributed by atoms with Crippen LogP contribution in [0.5, 0.6) is 0 Å². The minimum atomic E-state index is -0.989. The molecule has 0 saturated carbocycles. The number of nitrogens with one attached hydrogen (secondary N) is 2. The molecule has 0 bridgehead atoms. The average Bonchev–Trinajstić information content (AvgIpc) is 2.60. The van der Waals surface area contributed by atoms with Crippen molar-refractivity contribution in [2.75, 3.05) is 32.0 Å². The Morgan fingerprint density at radius 2 is 1.71 bits per heavy atom. The summed E-state index contributed by atoms with van der Waals surface area (Å²) < 4.78 is 9.18. The number of halogens is 1. The second kappa shape index (κ2) is 9.51. The van der Waals surface area contributed by atoms with Gasteiger partial charge in [-0.2, -0.15) is 0 Å². The quantitative estimate of drug-likeness (QED) is 0.340. The zero-order chi connectivity index (χ0) is 18.1. The van der Waals surface area contributed by atoms with Crippen LogP contribution in [0.2, 0.25) is 0 Å². The van der Waals surface area contributed by atoms with E-state index in [1.54, 1.807) is 0 Å². The Hall–Kier alpha value is -2.61. The summed E-state index contributed by atoms with van der Waals surface area (Å²) in [6.07, 6.45) is 0.506. The first-order valence-corrected chi connectivity index (χ1v) is 7.43. The zero-order valence-corrected chi connectivity index (χ0v) is 13.9. The van der Waals surface area contributed by atoms with Crippen LogP contribution in [-0.2, 0) is 19.1 Å². The van der Waals surface area contributed by atoms with E-state index in [2.05, 4.69) is 20.1 Å². The second-order valence-corrected chi connectivity index (χ2v) is 4.87. The van der Waals surface area contributed by atoms with Gasteiger partial charge in [0, 0.05) is 12.4 Å². The standard InChI is InChI=1S/C15H17ClN2O6/c1-23-14(21)9-4-5-10(15(22)24-2)11(8-9)18-13(20)12(19)17-7-3-6-16/h4-5,8H,3,6-7H2,1-2H3,(H,17,19)(H,18,20). The minimum Gasteiger partial charge on any atom is -0.465 e. The van der Waals surface area contributed by atoms with Crippen molar-refractivity contribution in [2.45, 2.75) is 6.42 Å². The number of rotatable bonds is 6. The lowest BCUT2D eigenvalue weighted by atomic mass is 10.1. The number of hydrogen-bond donors (Lipinski definition) is 2. The number of benzene rings is 1. The van der Waals surface area contributed by atoms with E-state index >= 15 is 0 Å². The van der Waals surface area contributed by atoms with Crippen LogP contribution in [-0.4, -0.2) is 50.4 Å². The third-order valence-electron chi connectivity index (χ3n) is 2.90. The molecular formula is C15H17ClN2O6. The monoisotopic (exact) mass is 356 g/mol. The normalized spacial score (nSPS) is 9.79. The first-order chi connectivity index (χ1) is 11.4. The van der Waals surface area contributed by atoms with Crippen LogP contribution < -0.4 is 10.6 Å². The Morgan fingerprint density at radius 1 is 1.04 bits per heavy atom. The third kappa shape index (κ3) is 5.24. The number of methoxy groups -OCH3 is 2. The summed E-state index contributed by atoms with van der Waals surface area (Å²) in [5.41, 5.74) is 0.0531. The molecule has 0 atom stereocenters. The Labute approximate surface area is 143 Å². The number of alkyl halides is 1. The Morgan fingerprint density at radius 3 is 2.29 bits per heavy atom. The van der Waals surface area contributed by atoms with Crippen molar-refractivity contribution in [3.05, 3.63) is 29.3 Å². The molecular weight excluding hydrogens is 340 g/mol. The van der Waals surface area contributed by atoms with Crippen molar-refractivity contribution < 1.29 is 28.7 Å². The molecule has 9 heteroatoms. The Balaban J connectivity index is 3.01. The van der Waals surface area contributed by atoms with Crippen LogP contribution in [0.1, 0.15) is 27.1 Å². The van der Waals surface area contributed by atoms with Gasteiger partial charge in [0.15, 0.2) is 0 Å². The molecule has 0 aromatic heterocycles. The van der Waals surface area contributed by atoms with Crippen molar-refractivity contribution in [3.63, 3.8) is 0 Å². The molecule has 1 rings (SSSR count). The Bertz CT molecular complexity index is 647. The van der Waals surface area contributed by atoms with E-state index in [0.717, 1.165) is 0 Å². The number of ether oxygens (including phenoxy) is 2. The summed E-state index contributed by atoms with van der Waals surface area (Å²) in [6.45, 7) is 0.238. The fraction of sp³-hybridized carbons (Fsp3) is 0.333. The highest BCUT2D eigenvalue weighted by Gasteiger charge is 2.20. The molecule has 24 heavy (non-hydrogen) atoms. The predicted molar refractivity (Wildman–Crippen MR) is 86.1 cm³/mol. The molecule has 0 unspecified atom stereocenters.